The molecule has 0 saturated heterocycles. The lowest BCUT2D eigenvalue weighted by Gasteiger charge is -2.01. The fourth-order valence-electron chi connectivity index (χ4n) is 2.18. The summed E-state index contributed by atoms with van der Waals surface area (Å²) in [5.74, 6) is 0.505. The number of hydrazone groups is 1. The number of non-ortho nitro benzene ring substituents is 1. The summed E-state index contributed by atoms with van der Waals surface area (Å²) in [6, 6.07) is 16.0. The van der Waals surface area contributed by atoms with E-state index in [9.17, 15) is 14.9 Å². The van der Waals surface area contributed by atoms with Gasteiger partial charge in [0.2, 0.25) is 0 Å². The SMILES string of the molecule is O=C(N/N=C\c1ccc(-c2ccc([N+](=O)[O-])cc2)o1)c1ccccc1Cl. The van der Waals surface area contributed by atoms with Gasteiger partial charge in [0.25, 0.3) is 11.6 Å². The number of nitrogens with one attached hydrogen (secondary N) is 1. The Bertz CT molecular complexity index is 980. The first-order chi connectivity index (χ1) is 12.5. The van der Waals surface area contributed by atoms with Crippen LogP contribution in [0.25, 0.3) is 11.3 Å². The molecule has 0 radical (unpaired) electrons. The van der Waals surface area contributed by atoms with Crippen molar-refractivity contribution in [2.45, 2.75) is 0 Å². The summed E-state index contributed by atoms with van der Waals surface area (Å²) < 4.78 is 5.58. The van der Waals surface area contributed by atoms with Gasteiger partial charge < -0.3 is 4.42 Å². The molecule has 1 aromatic heterocycles. The molecule has 1 amide bonds. The third kappa shape index (κ3) is 3.96. The van der Waals surface area contributed by atoms with Crippen LogP contribution in [0, 0.1) is 10.1 Å². The van der Waals surface area contributed by atoms with Crippen LogP contribution in [0.5, 0.6) is 0 Å². The number of nitro benzene ring substituents is 1. The second kappa shape index (κ2) is 7.62. The maximum absolute atomic E-state index is 12.0. The third-order valence-corrected chi connectivity index (χ3v) is 3.80. The molecule has 8 heteroatoms. The number of amides is 1. The zero-order valence-corrected chi connectivity index (χ0v) is 14.0. The summed E-state index contributed by atoms with van der Waals surface area (Å²) in [4.78, 5) is 22.2. The molecule has 1 heterocycles. The van der Waals surface area contributed by atoms with Crippen molar-refractivity contribution in [3.05, 3.63) is 87.1 Å². The van der Waals surface area contributed by atoms with Crippen LogP contribution in [0.1, 0.15) is 16.1 Å². The number of hydrogen-bond donors (Lipinski definition) is 1. The molecule has 0 unspecified atom stereocenters. The summed E-state index contributed by atoms with van der Waals surface area (Å²) in [7, 11) is 0. The smallest absolute Gasteiger partial charge is 0.272 e. The number of halogens is 1. The van der Waals surface area contributed by atoms with Crippen molar-refractivity contribution in [2.24, 2.45) is 5.10 Å². The Labute approximate surface area is 153 Å². The number of nitrogens with zero attached hydrogens (tertiary/aromatic N) is 2. The molecule has 26 heavy (non-hydrogen) atoms. The molecule has 2 aromatic carbocycles. The van der Waals surface area contributed by atoms with Gasteiger partial charge in [-0.05, 0) is 36.4 Å². The normalized spacial score (nSPS) is 10.8. The summed E-state index contributed by atoms with van der Waals surface area (Å²) in [6.07, 6.45) is 1.35. The van der Waals surface area contributed by atoms with E-state index in [2.05, 4.69) is 10.5 Å². The number of hydrogen-bond acceptors (Lipinski definition) is 5. The molecular formula is C18H12ClN3O4. The molecule has 0 aliphatic rings. The fourth-order valence-corrected chi connectivity index (χ4v) is 2.41. The van der Waals surface area contributed by atoms with Crippen LogP contribution in [0.3, 0.4) is 0 Å². The second-order valence-corrected chi connectivity index (χ2v) is 5.59. The van der Waals surface area contributed by atoms with Crippen LogP contribution in [0.2, 0.25) is 5.02 Å². The Morgan fingerprint density at radius 1 is 1.12 bits per heavy atom. The van der Waals surface area contributed by atoms with Crippen LogP contribution in [0.15, 0.2) is 70.2 Å². The van der Waals surface area contributed by atoms with Gasteiger partial charge in [-0.3, -0.25) is 14.9 Å². The van der Waals surface area contributed by atoms with E-state index in [1.54, 1.807) is 48.5 Å². The predicted octanol–water partition coefficient (Wildman–Crippen LogP) is 4.27. The van der Waals surface area contributed by atoms with Crippen molar-refractivity contribution < 1.29 is 14.1 Å². The predicted molar refractivity (Wildman–Crippen MR) is 97.3 cm³/mol. The number of benzene rings is 2. The van der Waals surface area contributed by atoms with Gasteiger partial charge in [0.1, 0.15) is 11.5 Å². The van der Waals surface area contributed by atoms with E-state index in [1.165, 1.54) is 18.3 Å². The number of rotatable bonds is 5. The lowest BCUT2D eigenvalue weighted by atomic mass is 10.1. The van der Waals surface area contributed by atoms with Gasteiger partial charge in [0.05, 0.1) is 21.7 Å². The van der Waals surface area contributed by atoms with Gasteiger partial charge in [0, 0.05) is 17.7 Å². The molecule has 1 N–H and O–H groups in total. The van der Waals surface area contributed by atoms with Crippen molar-refractivity contribution >= 4 is 29.4 Å². The minimum atomic E-state index is -0.467. The molecular weight excluding hydrogens is 358 g/mol. The van der Waals surface area contributed by atoms with Crippen LogP contribution in [0.4, 0.5) is 5.69 Å². The van der Waals surface area contributed by atoms with Crippen LogP contribution in [-0.4, -0.2) is 17.0 Å². The van der Waals surface area contributed by atoms with Gasteiger partial charge in [-0.25, -0.2) is 5.43 Å². The molecule has 0 aliphatic heterocycles. The quantitative estimate of drug-likeness (QED) is 0.412. The summed E-state index contributed by atoms with van der Waals surface area (Å²) >= 11 is 5.94. The van der Waals surface area contributed by atoms with E-state index in [-0.39, 0.29) is 5.69 Å². The van der Waals surface area contributed by atoms with E-state index in [4.69, 9.17) is 16.0 Å². The average Bonchev–Trinajstić information content (AvgIpc) is 3.11. The number of nitro groups is 1. The number of carbonyl (C=O) groups excluding carboxylic acids is 1. The van der Waals surface area contributed by atoms with E-state index in [0.717, 1.165) is 0 Å². The minimum Gasteiger partial charge on any atom is -0.455 e. The van der Waals surface area contributed by atoms with Crippen molar-refractivity contribution in [1.82, 2.24) is 5.43 Å². The zero-order chi connectivity index (χ0) is 18.5. The summed E-state index contributed by atoms with van der Waals surface area (Å²) in [5.41, 5.74) is 3.38. The molecule has 3 aromatic rings. The van der Waals surface area contributed by atoms with Gasteiger partial charge in [-0.1, -0.05) is 23.7 Å². The zero-order valence-electron chi connectivity index (χ0n) is 13.3. The Morgan fingerprint density at radius 2 is 1.85 bits per heavy atom. The maximum atomic E-state index is 12.0. The molecule has 0 aliphatic carbocycles. The molecule has 7 nitrogen and oxygen atoms in total. The average molecular weight is 370 g/mol. The number of furan rings is 1. The lowest BCUT2D eigenvalue weighted by Crippen LogP contribution is -2.17. The molecule has 3 rings (SSSR count). The standard InChI is InChI=1S/C18H12ClN3O4/c19-16-4-2-1-3-15(16)18(23)21-20-11-14-9-10-17(26-14)12-5-7-13(8-6-12)22(24)25/h1-11H,(H,21,23)/b20-11-. The first-order valence-corrected chi connectivity index (χ1v) is 7.85. The van der Waals surface area contributed by atoms with Gasteiger partial charge in [-0.2, -0.15) is 5.10 Å². The Morgan fingerprint density at radius 3 is 2.54 bits per heavy atom. The highest BCUT2D eigenvalue weighted by atomic mass is 35.5. The number of carbonyl (C=O) groups is 1. The maximum Gasteiger partial charge on any atom is 0.272 e. The lowest BCUT2D eigenvalue weighted by molar-refractivity contribution is -0.384. The highest BCUT2D eigenvalue weighted by Crippen LogP contribution is 2.24. The van der Waals surface area contributed by atoms with Gasteiger partial charge in [-0.15, -0.1) is 0 Å². The largest absolute Gasteiger partial charge is 0.455 e. The highest BCUT2D eigenvalue weighted by Gasteiger charge is 2.09. The third-order valence-electron chi connectivity index (χ3n) is 3.47. The fraction of sp³-hybridized carbons (Fsp3) is 0. The first-order valence-electron chi connectivity index (χ1n) is 7.47. The molecule has 0 atom stereocenters. The molecule has 0 spiro atoms. The molecule has 0 fully saturated rings. The Balaban J connectivity index is 1.66. The highest BCUT2D eigenvalue weighted by molar-refractivity contribution is 6.33. The second-order valence-electron chi connectivity index (χ2n) is 5.18. The van der Waals surface area contributed by atoms with E-state index >= 15 is 0 Å². The van der Waals surface area contributed by atoms with E-state index < -0.39 is 10.8 Å². The summed E-state index contributed by atoms with van der Waals surface area (Å²) in [5, 5.41) is 14.8. The van der Waals surface area contributed by atoms with Crippen molar-refractivity contribution in [3.8, 4) is 11.3 Å². The molecule has 0 bridgehead atoms. The summed E-state index contributed by atoms with van der Waals surface area (Å²) in [6.45, 7) is 0. The first kappa shape index (κ1) is 17.4. The van der Waals surface area contributed by atoms with Gasteiger partial charge in [0.15, 0.2) is 0 Å². The van der Waals surface area contributed by atoms with E-state index in [0.29, 0.717) is 27.7 Å². The van der Waals surface area contributed by atoms with Crippen LogP contribution >= 0.6 is 11.6 Å². The van der Waals surface area contributed by atoms with Crippen LogP contribution < -0.4 is 5.43 Å². The molecule has 130 valence electrons. The molecule has 0 saturated carbocycles. The van der Waals surface area contributed by atoms with Crippen molar-refractivity contribution in [2.75, 3.05) is 0 Å². The topological polar surface area (TPSA) is 97.7 Å². The Kier molecular flexibility index (Phi) is 5.09. The van der Waals surface area contributed by atoms with Crippen molar-refractivity contribution in [1.29, 1.82) is 0 Å². The minimum absolute atomic E-state index is 0.00405. The van der Waals surface area contributed by atoms with E-state index in [1.807, 2.05) is 0 Å². The Hall–Kier alpha value is -3.45. The monoisotopic (exact) mass is 369 g/mol. The van der Waals surface area contributed by atoms with Crippen LogP contribution in [-0.2, 0) is 0 Å². The van der Waals surface area contributed by atoms with Gasteiger partial charge >= 0.3 is 0 Å². The van der Waals surface area contributed by atoms with Crippen molar-refractivity contribution in [3.63, 3.8) is 0 Å².